The molecule has 0 aromatic heterocycles. The van der Waals surface area contributed by atoms with Gasteiger partial charge in [-0.25, -0.2) is 0 Å². The van der Waals surface area contributed by atoms with Gasteiger partial charge in [0.2, 0.25) is 0 Å². The molecule has 0 aliphatic carbocycles. The molecule has 0 atom stereocenters. The Balaban J connectivity index is 2.18. The first-order valence-corrected chi connectivity index (χ1v) is 12.3. The van der Waals surface area contributed by atoms with E-state index in [1.807, 2.05) is 6.92 Å². The highest BCUT2D eigenvalue weighted by atomic mass is 32.2. The van der Waals surface area contributed by atoms with Crippen LogP contribution in [0.15, 0.2) is 0 Å². The van der Waals surface area contributed by atoms with E-state index in [1.54, 1.807) is 0 Å². The van der Waals surface area contributed by atoms with Gasteiger partial charge in [0.15, 0.2) is 5.12 Å². The molecule has 1 aliphatic heterocycles. The number of thioether (sulfide) groups is 1. The molecule has 0 bridgehead atoms. The van der Waals surface area contributed by atoms with Gasteiger partial charge in [-0.1, -0.05) is 44.4 Å². The standard InChI is InChI=1S/C17H34O5SSi/c1-3-5-6-7-8-10-17(18)23-15-9-16-24(20-4-2)21-13-11-19-12-14-22-24/h3-16H2,1-2H3. The fourth-order valence-corrected chi connectivity index (χ4v) is 6.18. The summed E-state index contributed by atoms with van der Waals surface area (Å²) in [6.07, 6.45) is 7.54. The molecule has 0 amide bonds. The zero-order valence-corrected chi connectivity index (χ0v) is 17.2. The Morgan fingerprint density at radius 1 is 1.00 bits per heavy atom. The summed E-state index contributed by atoms with van der Waals surface area (Å²) in [6, 6.07) is 0.775. The molecule has 0 saturated carbocycles. The van der Waals surface area contributed by atoms with Crippen LogP contribution in [0.25, 0.3) is 0 Å². The van der Waals surface area contributed by atoms with Crippen molar-refractivity contribution in [1.29, 1.82) is 0 Å². The Hall–Kier alpha value is 0.0769. The zero-order chi connectivity index (χ0) is 17.5. The summed E-state index contributed by atoms with van der Waals surface area (Å²) in [5.41, 5.74) is 0. The lowest BCUT2D eigenvalue weighted by molar-refractivity contribution is -0.111. The topological polar surface area (TPSA) is 54.0 Å². The summed E-state index contributed by atoms with van der Waals surface area (Å²) in [5.74, 6) is 0.818. The molecule has 1 saturated heterocycles. The van der Waals surface area contributed by atoms with Gasteiger partial charge in [0.05, 0.1) is 26.4 Å². The highest BCUT2D eigenvalue weighted by Crippen LogP contribution is 2.21. The van der Waals surface area contributed by atoms with Crippen LogP contribution in [-0.4, -0.2) is 52.7 Å². The quantitative estimate of drug-likeness (QED) is 0.377. The van der Waals surface area contributed by atoms with Crippen molar-refractivity contribution < 1.29 is 22.8 Å². The Morgan fingerprint density at radius 3 is 2.38 bits per heavy atom. The van der Waals surface area contributed by atoms with E-state index in [-0.39, 0.29) is 0 Å². The number of carbonyl (C=O) groups is 1. The van der Waals surface area contributed by atoms with Gasteiger partial charge in [0.1, 0.15) is 0 Å². The summed E-state index contributed by atoms with van der Waals surface area (Å²) in [5, 5.41) is 0.312. The first kappa shape index (κ1) is 22.1. The fourth-order valence-electron chi connectivity index (χ4n) is 2.60. The lowest BCUT2D eigenvalue weighted by Crippen LogP contribution is -2.48. The molecule has 24 heavy (non-hydrogen) atoms. The van der Waals surface area contributed by atoms with E-state index in [9.17, 15) is 4.79 Å². The smallest absolute Gasteiger partial charge is 0.377 e. The van der Waals surface area contributed by atoms with Crippen molar-refractivity contribution in [3.05, 3.63) is 0 Å². The van der Waals surface area contributed by atoms with Crippen LogP contribution in [0.1, 0.15) is 58.8 Å². The van der Waals surface area contributed by atoms with E-state index < -0.39 is 8.80 Å². The third-order valence-electron chi connectivity index (χ3n) is 3.84. The van der Waals surface area contributed by atoms with E-state index in [0.29, 0.717) is 44.6 Å². The van der Waals surface area contributed by atoms with E-state index in [2.05, 4.69) is 6.92 Å². The number of hydrogen-bond donors (Lipinski definition) is 0. The summed E-state index contributed by atoms with van der Waals surface area (Å²) >= 11 is 1.45. The first-order valence-electron chi connectivity index (χ1n) is 9.37. The average Bonchev–Trinajstić information content (AvgIpc) is 2.55. The van der Waals surface area contributed by atoms with Crippen LogP contribution in [0.3, 0.4) is 0 Å². The van der Waals surface area contributed by atoms with E-state index >= 15 is 0 Å². The van der Waals surface area contributed by atoms with Crippen LogP contribution < -0.4 is 0 Å². The molecule has 0 radical (unpaired) electrons. The molecule has 1 aliphatic rings. The van der Waals surface area contributed by atoms with Crippen molar-refractivity contribution in [3.8, 4) is 0 Å². The second-order valence-corrected chi connectivity index (χ2v) is 9.80. The van der Waals surface area contributed by atoms with E-state index in [1.165, 1.54) is 37.4 Å². The molecular weight excluding hydrogens is 344 g/mol. The number of carbonyl (C=O) groups excluding carboxylic acids is 1. The maximum absolute atomic E-state index is 11.9. The average molecular weight is 379 g/mol. The lowest BCUT2D eigenvalue weighted by atomic mass is 10.1. The highest BCUT2D eigenvalue weighted by molar-refractivity contribution is 8.13. The monoisotopic (exact) mass is 378 g/mol. The van der Waals surface area contributed by atoms with Gasteiger partial charge in [-0.05, 0) is 19.8 Å². The molecule has 7 heteroatoms. The van der Waals surface area contributed by atoms with Crippen molar-refractivity contribution in [3.63, 3.8) is 0 Å². The van der Waals surface area contributed by atoms with Crippen LogP contribution >= 0.6 is 11.8 Å². The number of unbranched alkanes of at least 4 members (excludes halogenated alkanes) is 4. The second-order valence-electron chi connectivity index (χ2n) is 5.91. The Bertz CT molecular complexity index is 322. The maximum Gasteiger partial charge on any atom is 0.501 e. The lowest BCUT2D eigenvalue weighted by Gasteiger charge is -2.30. The zero-order valence-electron chi connectivity index (χ0n) is 15.3. The molecule has 0 unspecified atom stereocenters. The normalized spacial score (nSPS) is 18.1. The molecule has 0 aromatic rings. The highest BCUT2D eigenvalue weighted by Gasteiger charge is 2.41. The maximum atomic E-state index is 11.9. The molecule has 1 fully saturated rings. The summed E-state index contributed by atoms with van der Waals surface area (Å²) < 4.78 is 23.0. The minimum Gasteiger partial charge on any atom is -0.377 e. The third-order valence-corrected chi connectivity index (χ3v) is 7.84. The van der Waals surface area contributed by atoms with Gasteiger partial charge in [-0.3, -0.25) is 4.79 Å². The number of rotatable bonds is 12. The Kier molecular flexibility index (Phi) is 13.1. The largest absolute Gasteiger partial charge is 0.501 e. The van der Waals surface area contributed by atoms with Crippen LogP contribution in [0.4, 0.5) is 0 Å². The number of ether oxygens (including phenoxy) is 1. The SMILES string of the molecule is CCCCCCCC(=O)SCCC[Si]1(OCC)OCCOCCO1. The third kappa shape index (κ3) is 10.2. The van der Waals surface area contributed by atoms with E-state index in [4.69, 9.17) is 18.0 Å². The van der Waals surface area contributed by atoms with Gasteiger partial charge >= 0.3 is 8.80 Å². The van der Waals surface area contributed by atoms with Gasteiger partial charge < -0.3 is 18.0 Å². The van der Waals surface area contributed by atoms with Crippen LogP contribution in [0, 0.1) is 0 Å². The molecule has 0 spiro atoms. The second kappa shape index (κ2) is 14.3. The molecule has 1 rings (SSSR count). The van der Waals surface area contributed by atoms with Gasteiger partial charge in [0.25, 0.3) is 0 Å². The summed E-state index contributed by atoms with van der Waals surface area (Å²) in [7, 11) is -2.58. The predicted octanol–water partition coefficient (Wildman–Crippen LogP) is 4.04. The van der Waals surface area contributed by atoms with Gasteiger partial charge in [-0.15, -0.1) is 0 Å². The van der Waals surface area contributed by atoms with Gasteiger partial charge in [0, 0.05) is 24.8 Å². The molecule has 5 nitrogen and oxygen atoms in total. The van der Waals surface area contributed by atoms with Crippen molar-refractivity contribution in [1.82, 2.24) is 0 Å². The molecule has 0 N–H and O–H groups in total. The molecule has 1 heterocycles. The van der Waals surface area contributed by atoms with Crippen LogP contribution in [0.2, 0.25) is 6.04 Å². The van der Waals surface area contributed by atoms with Gasteiger partial charge in [-0.2, -0.15) is 0 Å². The first-order chi connectivity index (χ1) is 11.7. The summed E-state index contributed by atoms with van der Waals surface area (Å²) in [6.45, 7) is 7.00. The Labute approximate surface area is 152 Å². The Morgan fingerprint density at radius 2 is 1.71 bits per heavy atom. The molecule has 142 valence electrons. The molecular formula is C17H34O5SSi. The van der Waals surface area contributed by atoms with Crippen LogP contribution in [-0.2, 0) is 22.8 Å². The fraction of sp³-hybridized carbons (Fsp3) is 0.941. The number of hydrogen-bond acceptors (Lipinski definition) is 6. The van der Waals surface area contributed by atoms with E-state index in [0.717, 1.165) is 24.6 Å². The van der Waals surface area contributed by atoms with Crippen molar-refractivity contribution >= 4 is 25.7 Å². The molecule has 0 aromatic carbocycles. The van der Waals surface area contributed by atoms with Crippen molar-refractivity contribution in [2.75, 3.05) is 38.8 Å². The minimum absolute atomic E-state index is 0.312. The predicted molar refractivity (Wildman–Crippen MR) is 100 cm³/mol. The minimum atomic E-state index is -2.58. The van der Waals surface area contributed by atoms with Crippen molar-refractivity contribution in [2.45, 2.75) is 64.8 Å². The van der Waals surface area contributed by atoms with Crippen molar-refractivity contribution in [2.24, 2.45) is 0 Å². The van der Waals surface area contributed by atoms with Crippen LogP contribution in [0.5, 0.6) is 0 Å². The summed E-state index contributed by atoms with van der Waals surface area (Å²) in [4.78, 5) is 11.9.